The zero-order chi connectivity index (χ0) is 20.9. The molecule has 1 aromatic rings. The molecule has 11 heteroatoms. The first-order valence-electron chi connectivity index (χ1n) is 8.17. The van der Waals surface area contributed by atoms with Gasteiger partial charge >= 0.3 is 11.9 Å². The second-order valence-corrected chi connectivity index (χ2v) is 8.38. The highest BCUT2D eigenvalue weighted by Crippen LogP contribution is 2.28. The summed E-state index contributed by atoms with van der Waals surface area (Å²) in [7, 11) is -2.70. The maximum atomic E-state index is 12.1. The first kappa shape index (κ1) is 21.9. The summed E-state index contributed by atoms with van der Waals surface area (Å²) >= 11 is 1.23. The fourth-order valence-electron chi connectivity index (χ4n) is 2.43. The summed E-state index contributed by atoms with van der Waals surface area (Å²) in [6.07, 6.45) is 1.58. The lowest BCUT2D eigenvalue weighted by molar-refractivity contribution is -0.134. The Labute approximate surface area is 166 Å². The minimum absolute atomic E-state index is 0.0113. The lowest BCUT2D eigenvalue weighted by Crippen LogP contribution is -2.27. The van der Waals surface area contributed by atoms with Crippen LogP contribution in [0.2, 0.25) is 0 Å². The minimum Gasteiger partial charge on any atom is -0.466 e. The Bertz CT molecular complexity index is 925. The number of methoxy groups -OCH3 is 1. The number of rotatable bonds is 7. The van der Waals surface area contributed by atoms with E-state index < -0.39 is 22.0 Å². The number of benzene rings is 1. The Morgan fingerprint density at radius 2 is 2.07 bits per heavy atom. The van der Waals surface area contributed by atoms with Crippen LogP contribution in [0.1, 0.15) is 22.3 Å². The maximum Gasteiger partial charge on any atom is 0.338 e. The number of nitrogens with two attached hydrogens (primary N) is 1. The van der Waals surface area contributed by atoms with Crippen LogP contribution >= 0.6 is 11.8 Å². The van der Waals surface area contributed by atoms with E-state index >= 15 is 0 Å². The Kier molecular flexibility index (Phi) is 7.22. The van der Waals surface area contributed by atoms with Crippen molar-refractivity contribution in [1.82, 2.24) is 4.90 Å². The number of sulfonamides is 1. The molecule has 1 fully saturated rings. The molecular formula is C17H20N2O7S2. The van der Waals surface area contributed by atoms with E-state index in [4.69, 9.17) is 9.88 Å². The average molecular weight is 428 g/mol. The van der Waals surface area contributed by atoms with Gasteiger partial charge in [-0.15, -0.1) is 0 Å². The molecule has 0 aromatic heterocycles. The van der Waals surface area contributed by atoms with Crippen molar-refractivity contribution < 1.29 is 32.3 Å². The number of amides is 1. The Balaban J connectivity index is 1.93. The first-order chi connectivity index (χ1) is 13.1. The smallest absolute Gasteiger partial charge is 0.338 e. The lowest BCUT2D eigenvalue weighted by Gasteiger charge is -2.16. The fourth-order valence-corrected chi connectivity index (χ4v) is 4.20. The van der Waals surface area contributed by atoms with Crippen LogP contribution in [-0.4, -0.2) is 57.2 Å². The van der Waals surface area contributed by atoms with Crippen molar-refractivity contribution in [3.05, 3.63) is 40.4 Å². The molecule has 0 aliphatic carbocycles. The van der Waals surface area contributed by atoms with E-state index in [1.807, 2.05) is 0 Å². The average Bonchev–Trinajstić information content (AvgIpc) is 2.97. The molecule has 0 bridgehead atoms. The predicted molar refractivity (Wildman–Crippen MR) is 102 cm³/mol. The quantitative estimate of drug-likeness (QED) is 0.383. The number of hydrogen-bond acceptors (Lipinski definition) is 8. The van der Waals surface area contributed by atoms with Crippen molar-refractivity contribution in [3.63, 3.8) is 0 Å². The van der Waals surface area contributed by atoms with Crippen molar-refractivity contribution >= 4 is 39.6 Å². The molecule has 0 unspecified atom stereocenters. The largest absolute Gasteiger partial charge is 0.466 e. The van der Waals surface area contributed by atoms with Crippen molar-refractivity contribution in [1.29, 1.82) is 0 Å². The lowest BCUT2D eigenvalue weighted by atomic mass is 10.1. The van der Waals surface area contributed by atoms with Gasteiger partial charge in [0.2, 0.25) is 15.9 Å². The molecule has 2 rings (SSSR count). The summed E-state index contributed by atoms with van der Waals surface area (Å²) in [5.74, 6) is -1.18. The molecule has 1 aliphatic rings. The van der Waals surface area contributed by atoms with Gasteiger partial charge in [0.25, 0.3) is 0 Å². The van der Waals surface area contributed by atoms with Gasteiger partial charge in [0.15, 0.2) is 0 Å². The van der Waals surface area contributed by atoms with Crippen molar-refractivity contribution in [2.75, 3.05) is 26.0 Å². The van der Waals surface area contributed by atoms with Crippen LogP contribution in [-0.2, 0) is 29.1 Å². The van der Waals surface area contributed by atoms with Gasteiger partial charge in [-0.25, -0.2) is 23.1 Å². The maximum absolute atomic E-state index is 12.1. The van der Waals surface area contributed by atoms with E-state index in [2.05, 4.69) is 4.74 Å². The van der Waals surface area contributed by atoms with Gasteiger partial charge in [0, 0.05) is 6.54 Å². The summed E-state index contributed by atoms with van der Waals surface area (Å²) < 4.78 is 32.8. The van der Waals surface area contributed by atoms with Gasteiger partial charge < -0.3 is 14.4 Å². The Hall–Kier alpha value is -2.37. The van der Waals surface area contributed by atoms with E-state index in [1.165, 1.54) is 48.0 Å². The molecule has 0 saturated carbocycles. The molecule has 0 spiro atoms. The molecule has 9 nitrogen and oxygen atoms in total. The van der Waals surface area contributed by atoms with Crippen LogP contribution in [0.4, 0.5) is 0 Å². The molecule has 152 valence electrons. The number of esters is 2. The van der Waals surface area contributed by atoms with Crippen LogP contribution in [0.15, 0.2) is 34.2 Å². The highest BCUT2D eigenvalue weighted by molar-refractivity contribution is 8.04. The highest BCUT2D eigenvalue weighted by atomic mass is 32.2. The Morgan fingerprint density at radius 3 is 2.71 bits per heavy atom. The van der Waals surface area contributed by atoms with Crippen LogP contribution < -0.4 is 5.14 Å². The second-order valence-electron chi connectivity index (χ2n) is 5.85. The molecule has 28 heavy (non-hydrogen) atoms. The van der Waals surface area contributed by atoms with Gasteiger partial charge in [0.05, 0.1) is 41.0 Å². The number of aryl methyl sites for hydroxylation is 1. The summed E-state index contributed by atoms with van der Waals surface area (Å²) in [5, 5.41) is 5.62. The van der Waals surface area contributed by atoms with E-state index in [-0.39, 0.29) is 35.3 Å². The van der Waals surface area contributed by atoms with Crippen LogP contribution in [0.5, 0.6) is 0 Å². The SMILES string of the molecule is COC(=O)/C=C1/SCC(=O)N1CCCOC(=O)c1ccc(C)c(S(N)(=O)=O)c1. The first-order valence-corrected chi connectivity index (χ1v) is 10.7. The summed E-state index contributed by atoms with van der Waals surface area (Å²) in [5.41, 5.74) is 0.489. The second kappa shape index (κ2) is 9.22. The van der Waals surface area contributed by atoms with E-state index in [0.29, 0.717) is 17.0 Å². The number of carbonyl (C=O) groups excluding carboxylic acids is 3. The molecule has 1 amide bonds. The van der Waals surface area contributed by atoms with Crippen LogP contribution in [0.3, 0.4) is 0 Å². The third-order valence-corrected chi connectivity index (χ3v) is 5.92. The number of ether oxygens (including phenoxy) is 2. The van der Waals surface area contributed by atoms with Crippen molar-refractivity contribution in [3.8, 4) is 0 Å². The highest BCUT2D eigenvalue weighted by Gasteiger charge is 2.27. The number of thioether (sulfide) groups is 1. The van der Waals surface area contributed by atoms with E-state index in [0.717, 1.165) is 0 Å². The van der Waals surface area contributed by atoms with Gasteiger partial charge in [-0.2, -0.15) is 0 Å². The monoisotopic (exact) mass is 428 g/mol. The van der Waals surface area contributed by atoms with Crippen LogP contribution in [0.25, 0.3) is 0 Å². The van der Waals surface area contributed by atoms with Crippen LogP contribution in [0, 0.1) is 6.92 Å². The van der Waals surface area contributed by atoms with Gasteiger partial charge in [0.1, 0.15) is 0 Å². The molecule has 1 aromatic carbocycles. The van der Waals surface area contributed by atoms with Gasteiger partial charge in [-0.1, -0.05) is 17.8 Å². The summed E-state index contributed by atoms with van der Waals surface area (Å²) in [6.45, 7) is 1.84. The third kappa shape index (κ3) is 5.57. The molecule has 0 atom stereocenters. The van der Waals surface area contributed by atoms with E-state index in [9.17, 15) is 22.8 Å². The number of carbonyl (C=O) groups is 3. The topological polar surface area (TPSA) is 133 Å². The zero-order valence-corrected chi connectivity index (χ0v) is 17.0. The van der Waals surface area contributed by atoms with Gasteiger partial charge in [-0.05, 0) is 31.0 Å². The van der Waals surface area contributed by atoms with Crippen molar-refractivity contribution in [2.24, 2.45) is 5.14 Å². The molecule has 1 heterocycles. The summed E-state index contributed by atoms with van der Waals surface area (Å²) in [6, 6.07) is 4.09. The Morgan fingerprint density at radius 1 is 1.36 bits per heavy atom. The molecule has 1 aliphatic heterocycles. The zero-order valence-electron chi connectivity index (χ0n) is 15.3. The predicted octanol–water partition coefficient (Wildman–Crippen LogP) is 0.779. The van der Waals surface area contributed by atoms with Crippen molar-refractivity contribution in [2.45, 2.75) is 18.2 Å². The van der Waals surface area contributed by atoms with Gasteiger partial charge in [-0.3, -0.25) is 4.79 Å². The molecule has 1 saturated heterocycles. The van der Waals surface area contributed by atoms with E-state index in [1.54, 1.807) is 6.92 Å². The number of primary sulfonamides is 1. The molecular weight excluding hydrogens is 408 g/mol. The number of nitrogens with zero attached hydrogens (tertiary/aromatic N) is 1. The number of hydrogen-bond donors (Lipinski definition) is 1. The fraction of sp³-hybridized carbons (Fsp3) is 0.353. The third-order valence-electron chi connectivity index (χ3n) is 3.84. The summed E-state index contributed by atoms with van der Waals surface area (Å²) in [4.78, 5) is 36.7. The molecule has 2 N–H and O–H groups in total. The molecule has 0 radical (unpaired) electrons. The standard InChI is InChI=1S/C17H20N2O7S2/c1-11-4-5-12(8-13(11)28(18,23)24)17(22)26-7-3-6-19-14(20)10-27-15(19)9-16(21)25-2/h4-5,8-9H,3,6-7,10H2,1-2H3,(H2,18,23,24)/b15-9+. The normalized spacial score (nSPS) is 15.8. The minimum atomic E-state index is -3.95.